The third-order valence-electron chi connectivity index (χ3n) is 2.85. The first-order chi connectivity index (χ1) is 9.92. The van der Waals surface area contributed by atoms with E-state index >= 15 is 0 Å². The van der Waals surface area contributed by atoms with Gasteiger partial charge in [0.2, 0.25) is 0 Å². The van der Waals surface area contributed by atoms with Crippen LogP contribution >= 0.6 is 27.5 Å². The maximum Gasteiger partial charge on any atom is 0.259 e. The third-order valence-corrected chi connectivity index (χ3v) is 3.77. The van der Waals surface area contributed by atoms with E-state index in [0.717, 1.165) is 11.6 Å². The molecule has 0 unspecified atom stereocenters. The molecule has 0 aliphatic rings. The van der Waals surface area contributed by atoms with Crippen molar-refractivity contribution in [1.82, 2.24) is 0 Å². The van der Waals surface area contributed by atoms with E-state index in [1.165, 1.54) is 13.2 Å². The van der Waals surface area contributed by atoms with Crippen LogP contribution in [0.4, 0.5) is 10.1 Å². The van der Waals surface area contributed by atoms with Crippen LogP contribution in [0.25, 0.3) is 0 Å². The van der Waals surface area contributed by atoms with Crippen LogP contribution in [-0.2, 0) is 0 Å². The molecule has 0 saturated heterocycles. The second-order valence-corrected chi connectivity index (χ2v) is 5.66. The van der Waals surface area contributed by atoms with E-state index in [-0.39, 0.29) is 10.9 Å². The van der Waals surface area contributed by atoms with Crippen LogP contribution in [0, 0.1) is 12.7 Å². The standard InChI is InChI=1S/C15H12BrClFNO2/c1-8-3-4-13(21-2)10(5-8)15(20)19-14-11(16)6-9(18)7-12(14)17/h3-7H,1-2H3,(H,19,20). The Kier molecular flexibility index (Phi) is 4.85. The summed E-state index contributed by atoms with van der Waals surface area (Å²) >= 11 is 9.13. The number of carbonyl (C=O) groups is 1. The maximum atomic E-state index is 13.2. The number of rotatable bonds is 3. The van der Waals surface area contributed by atoms with Gasteiger partial charge in [-0.05, 0) is 47.1 Å². The minimum Gasteiger partial charge on any atom is -0.496 e. The monoisotopic (exact) mass is 371 g/mol. The highest BCUT2D eigenvalue weighted by molar-refractivity contribution is 9.10. The number of methoxy groups -OCH3 is 1. The Morgan fingerprint density at radius 1 is 1.33 bits per heavy atom. The van der Waals surface area contributed by atoms with Gasteiger partial charge >= 0.3 is 0 Å². The summed E-state index contributed by atoms with van der Waals surface area (Å²) in [6.45, 7) is 1.87. The zero-order valence-electron chi connectivity index (χ0n) is 11.3. The molecule has 0 heterocycles. The first kappa shape index (κ1) is 15.8. The number of carbonyl (C=O) groups excluding carboxylic acids is 1. The van der Waals surface area contributed by atoms with E-state index in [0.29, 0.717) is 21.5 Å². The van der Waals surface area contributed by atoms with Gasteiger partial charge in [-0.1, -0.05) is 23.2 Å². The minimum absolute atomic E-state index is 0.113. The number of nitrogens with one attached hydrogen (secondary N) is 1. The highest BCUT2D eigenvalue weighted by atomic mass is 79.9. The number of benzene rings is 2. The Morgan fingerprint density at radius 3 is 2.67 bits per heavy atom. The summed E-state index contributed by atoms with van der Waals surface area (Å²) < 4.78 is 18.7. The largest absolute Gasteiger partial charge is 0.496 e. The number of aryl methyl sites for hydroxylation is 1. The zero-order valence-corrected chi connectivity index (χ0v) is 13.7. The molecule has 0 aliphatic heterocycles. The summed E-state index contributed by atoms with van der Waals surface area (Å²) in [7, 11) is 1.49. The Bertz CT molecular complexity index is 683. The molecule has 0 aromatic heterocycles. The van der Waals surface area contributed by atoms with Crippen molar-refractivity contribution in [3.63, 3.8) is 0 Å². The van der Waals surface area contributed by atoms with Gasteiger partial charge in [0.1, 0.15) is 11.6 Å². The predicted octanol–water partition coefficient (Wildman–Crippen LogP) is 4.81. The lowest BCUT2D eigenvalue weighted by atomic mass is 10.1. The van der Waals surface area contributed by atoms with Crippen LogP contribution in [0.15, 0.2) is 34.8 Å². The molecule has 110 valence electrons. The average Bonchev–Trinajstić information content (AvgIpc) is 2.42. The molecule has 1 amide bonds. The van der Waals surface area contributed by atoms with Crippen molar-refractivity contribution in [2.24, 2.45) is 0 Å². The number of halogens is 3. The van der Waals surface area contributed by atoms with Gasteiger partial charge in [0.25, 0.3) is 5.91 Å². The van der Waals surface area contributed by atoms with Crippen LogP contribution in [0.2, 0.25) is 5.02 Å². The van der Waals surface area contributed by atoms with Gasteiger partial charge in [0.05, 0.1) is 23.4 Å². The Hall–Kier alpha value is -1.59. The van der Waals surface area contributed by atoms with Crippen LogP contribution < -0.4 is 10.1 Å². The quantitative estimate of drug-likeness (QED) is 0.839. The first-order valence-corrected chi connectivity index (χ1v) is 7.20. The molecule has 2 aromatic rings. The lowest BCUT2D eigenvalue weighted by molar-refractivity contribution is 0.102. The summed E-state index contributed by atoms with van der Waals surface area (Å²) in [4.78, 5) is 12.4. The fourth-order valence-corrected chi connectivity index (χ4v) is 2.74. The van der Waals surface area contributed by atoms with Crippen LogP contribution in [0.5, 0.6) is 5.75 Å². The molecule has 2 rings (SSSR count). The molecule has 0 fully saturated rings. The molecule has 0 spiro atoms. The molecule has 21 heavy (non-hydrogen) atoms. The van der Waals surface area contributed by atoms with Crippen LogP contribution in [0.1, 0.15) is 15.9 Å². The summed E-state index contributed by atoms with van der Waals surface area (Å²) in [6, 6.07) is 7.63. The van der Waals surface area contributed by atoms with Crippen molar-refractivity contribution in [2.75, 3.05) is 12.4 Å². The van der Waals surface area contributed by atoms with Gasteiger partial charge in [-0.25, -0.2) is 4.39 Å². The molecule has 2 aromatic carbocycles. The van der Waals surface area contributed by atoms with E-state index in [1.54, 1.807) is 12.1 Å². The van der Waals surface area contributed by atoms with E-state index in [1.807, 2.05) is 13.0 Å². The Balaban J connectivity index is 2.37. The number of anilines is 1. The van der Waals surface area contributed by atoms with Gasteiger partial charge < -0.3 is 10.1 Å². The second-order valence-electron chi connectivity index (χ2n) is 4.40. The molecule has 0 saturated carbocycles. The molecule has 3 nitrogen and oxygen atoms in total. The molecular formula is C15H12BrClFNO2. The van der Waals surface area contributed by atoms with Crippen LogP contribution in [-0.4, -0.2) is 13.0 Å². The van der Waals surface area contributed by atoms with Crippen molar-refractivity contribution in [3.8, 4) is 5.75 Å². The zero-order chi connectivity index (χ0) is 15.6. The fraction of sp³-hybridized carbons (Fsp3) is 0.133. The van der Waals surface area contributed by atoms with Crippen molar-refractivity contribution in [2.45, 2.75) is 6.92 Å². The summed E-state index contributed by atoms with van der Waals surface area (Å²) in [5.41, 5.74) is 1.61. The Morgan fingerprint density at radius 2 is 2.05 bits per heavy atom. The van der Waals surface area contributed by atoms with Crippen molar-refractivity contribution >= 4 is 39.1 Å². The minimum atomic E-state index is -0.488. The van der Waals surface area contributed by atoms with E-state index in [4.69, 9.17) is 16.3 Å². The first-order valence-electron chi connectivity index (χ1n) is 6.03. The lowest BCUT2D eigenvalue weighted by Gasteiger charge is -2.12. The highest BCUT2D eigenvalue weighted by Gasteiger charge is 2.16. The lowest BCUT2D eigenvalue weighted by Crippen LogP contribution is -2.14. The summed E-state index contributed by atoms with van der Waals surface area (Å²) in [5, 5.41) is 2.77. The number of hydrogen-bond acceptors (Lipinski definition) is 2. The molecule has 1 N–H and O–H groups in total. The van der Waals surface area contributed by atoms with Crippen LogP contribution in [0.3, 0.4) is 0 Å². The molecule has 6 heteroatoms. The van der Waals surface area contributed by atoms with Crippen molar-refractivity contribution in [1.29, 1.82) is 0 Å². The average molecular weight is 373 g/mol. The number of hydrogen-bond donors (Lipinski definition) is 1. The van der Waals surface area contributed by atoms with E-state index < -0.39 is 5.82 Å². The van der Waals surface area contributed by atoms with Crippen molar-refractivity contribution in [3.05, 3.63) is 56.8 Å². The molecular weight excluding hydrogens is 361 g/mol. The summed E-state index contributed by atoms with van der Waals surface area (Å²) in [6.07, 6.45) is 0. The second kappa shape index (κ2) is 6.45. The maximum absolute atomic E-state index is 13.2. The summed E-state index contributed by atoms with van der Waals surface area (Å²) in [5.74, 6) is -0.421. The molecule has 0 aliphatic carbocycles. The van der Waals surface area contributed by atoms with Gasteiger partial charge in [-0.2, -0.15) is 0 Å². The Labute approximate surface area is 135 Å². The molecule has 0 atom stereocenters. The number of amides is 1. The van der Waals surface area contributed by atoms with Gasteiger partial charge in [-0.15, -0.1) is 0 Å². The normalized spacial score (nSPS) is 10.3. The van der Waals surface area contributed by atoms with Gasteiger partial charge in [0.15, 0.2) is 0 Å². The third kappa shape index (κ3) is 3.54. The van der Waals surface area contributed by atoms with Gasteiger partial charge in [0, 0.05) is 4.47 Å². The molecule has 0 radical (unpaired) electrons. The van der Waals surface area contributed by atoms with E-state index in [9.17, 15) is 9.18 Å². The molecule has 0 bridgehead atoms. The number of ether oxygens (including phenoxy) is 1. The topological polar surface area (TPSA) is 38.3 Å². The fourth-order valence-electron chi connectivity index (χ4n) is 1.84. The van der Waals surface area contributed by atoms with Crippen molar-refractivity contribution < 1.29 is 13.9 Å². The van der Waals surface area contributed by atoms with Gasteiger partial charge in [-0.3, -0.25) is 4.79 Å². The highest BCUT2D eigenvalue weighted by Crippen LogP contribution is 2.32. The van der Waals surface area contributed by atoms with E-state index in [2.05, 4.69) is 21.2 Å². The smallest absolute Gasteiger partial charge is 0.259 e. The predicted molar refractivity (Wildman–Crippen MR) is 84.8 cm³/mol. The SMILES string of the molecule is COc1ccc(C)cc1C(=O)Nc1c(Cl)cc(F)cc1Br.